The summed E-state index contributed by atoms with van der Waals surface area (Å²) in [7, 11) is 0. The van der Waals surface area contributed by atoms with Gasteiger partial charge in [-0.1, -0.05) is 0 Å². The molecule has 88 valence electrons. The molecule has 0 saturated carbocycles. The number of nitrogens with zero attached hydrogens (tertiary/aromatic N) is 1. The van der Waals surface area contributed by atoms with E-state index in [0.29, 0.717) is 19.5 Å². The SMILES string of the molecule is C[C@H](N)C(=O)N1CC[C@@H]2C(=O)NC(=O)[C@@H]2C1. The number of hydrogen-bond acceptors (Lipinski definition) is 4. The fraction of sp³-hybridized carbons (Fsp3) is 0.700. The maximum atomic E-state index is 11.7. The van der Waals surface area contributed by atoms with Gasteiger partial charge in [0.1, 0.15) is 0 Å². The van der Waals surface area contributed by atoms with Crippen LogP contribution in [0.2, 0.25) is 0 Å². The number of likely N-dealkylation sites (tertiary alicyclic amines) is 1. The first-order chi connectivity index (χ1) is 7.50. The molecular weight excluding hydrogens is 210 g/mol. The van der Waals surface area contributed by atoms with Gasteiger partial charge in [-0.15, -0.1) is 0 Å². The maximum Gasteiger partial charge on any atom is 0.239 e. The van der Waals surface area contributed by atoms with E-state index < -0.39 is 6.04 Å². The number of nitrogens with two attached hydrogens (primary N) is 1. The van der Waals surface area contributed by atoms with Gasteiger partial charge < -0.3 is 10.6 Å². The molecule has 3 atom stereocenters. The van der Waals surface area contributed by atoms with E-state index in [4.69, 9.17) is 5.73 Å². The van der Waals surface area contributed by atoms with Crippen molar-refractivity contribution in [3.63, 3.8) is 0 Å². The van der Waals surface area contributed by atoms with E-state index >= 15 is 0 Å². The Bertz CT molecular complexity index is 353. The predicted molar refractivity (Wildman–Crippen MR) is 55.0 cm³/mol. The second-order valence-electron chi connectivity index (χ2n) is 4.43. The second kappa shape index (κ2) is 3.86. The second-order valence-corrected chi connectivity index (χ2v) is 4.43. The highest BCUT2D eigenvalue weighted by Crippen LogP contribution is 2.28. The van der Waals surface area contributed by atoms with E-state index in [1.807, 2.05) is 0 Å². The number of carbonyl (C=O) groups excluding carboxylic acids is 3. The molecule has 0 aromatic rings. The van der Waals surface area contributed by atoms with Crippen molar-refractivity contribution in [3.8, 4) is 0 Å². The van der Waals surface area contributed by atoms with Gasteiger partial charge in [-0.25, -0.2) is 0 Å². The van der Waals surface area contributed by atoms with E-state index in [1.54, 1.807) is 11.8 Å². The van der Waals surface area contributed by atoms with Crippen LogP contribution in [0.4, 0.5) is 0 Å². The molecule has 2 aliphatic heterocycles. The molecule has 0 radical (unpaired) electrons. The summed E-state index contributed by atoms with van der Waals surface area (Å²) in [5.74, 6) is -1.28. The van der Waals surface area contributed by atoms with Gasteiger partial charge in [0.15, 0.2) is 0 Å². The number of amides is 3. The van der Waals surface area contributed by atoms with Gasteiger partial charge in [0.2, 0.25) is 17.7 Å². The Morgan fingerprint density at radius 1 is 1.44 bits per heavy atom. The Hall–Kier alpha value is -1.43. The minimum Gasteiger partial charge on any atom is -0.341 e. The summed E-state index contributed by atoms with van der Waals surface area (Å²) in [5.41, 5.74) is 5.51. The summed E-state index contributed by atoms with van der Waals surface area (Å²) in [6, 6.07) is -0.559. The fourth-order valence-electron chi connectivity index (χ4n) is 2.33. The summed E-state index contributed by atoms with van der Waals surface area (Å²) in [5, 5.41) is 2.30. The quantitative estimate of drug-likeness (QED) is 0.529. The summed E-state index contributed by atoms with van der Waals surface area (Å²) < 4.78 is 0. The highest BCUT2D eigenvalue weighted by Gasteiger charge is 2.45. The van der Waals surface area contributed by atoms with Crippen molar-refractivity contribution in [2.24, 2.45) is 17.6 Å². The Balaban J connectivity index is 2.08. The van der Waals surface area contributed by atoms with Gasteiger partial charge in [-0.05, 0) is 13.3 Å². The molecule has 3 N–H and O–H groups in total. The number of carbonyl (C=O) groups is 3. The highest BCUT2D eigenvalue weighted by molar-refractivity contribution is 6.05. The van der Waals surface area contributed by atoms with Gasteiger partial charge in [0.05, 0.1) is 17.9 Å². The van der Waals surface area contributed by atoms with E-state index in [0.717, 1.165) is 0 Å². The number of nitrogens with one attached hydrogen (secondary N) is 1. The average molecular weight is 225 g/mol. The Morgan fingerprint density at radius 2 is 2.06 bits per heavy atom. The fourth-order valence-corrected chi connectivity index (χ4v) is 2.33. The Morgan fingerprint density at radius 3 is 2.69 bits per heavy atom. The van der Waals surface area contributed by atoms with Crippen LogP contribution >= 0.6 is 0 Å². The minimum atomic E-state index is -0.559. The third-order valence-corrected chi connectivity index (χ3v) is 3.23. The minimum absolute atomic E-state index is 0.161. The first-order valence-electron chi connectivity index (χ1n) is 5.39. The van der Waals surface area contributed by atoms with Crippen molar-refractivity contribution in [2.75, 3.05) is 13.1 Å². The lowest BCUT2D eigenvalue weighted by Crippen LogP contribution is -2.49. The van der Waals surface area contributed by atoms with E-state index in [9.17, 15) is 14.4 Å². The number of fused-ring (bicyclic) bond motifs is 1. The van der Waals surface area contributed by atoms with Crippen LogP contribution in [0.5, 0.6) is 0 Å². The van der Waals surface area contributed by atoms with Crippen LogP contribution in [0.15, 0.2) is 0 Å². The molecule has 0 aromatic heterocycles. The molecule has 0 aliphatic carbocycles. The van der Waals surface area contributed by atoms with Gasteiger partial charge in [-0.3, -0.25) is 19.7 Å². The van der Waals surface area contributed by atoms with Gasteiger partial charge in [-0.2, -0.15) is 0 Å². The molecule has 3 amide bonds. The molecule has 2 heterocycles. The first kappa shape index (κ1) is 11.1. The number of piperidine rings is 1. The lowest BCUT2D eigenvalue weighted by Gasteiger charge is -2.33. The van der Waals surface area contributed by atoms with Crippen LogP contribution in [-0.4, -0.2) is 41.8 Å². The average Bonchev–Trinajstić information content (AvgIpc) is 2.53. The normalized spacial score (nSPS) is 31.0. The monoisotopic (exact) mass is 225 g/mol. The van der Waals surface area contributed by atoms with Crippen molar-refractivity contribution in [2.45, 2.75) is 19.4 Å². The predicted octanol–water partition coefficient (Wildman–Crippen LogP) is -1.55. The maximum absolute atomic E-state index is 11.7. The van der Waals surface area contributed by atoms with Gasteiger partial charge in [0, 0.05) is 13.1 Å². The summed E-state index contributed by atoms with van der Waals surface area (Å²) in [6.45, 7) is 2.43. The zero-order chi connectivity index (χ0) is 11.9. The molecule has 6 heteroatoms. The number of hydrogen-bond donors (Lipinski definition) is 2. The molecule has 2 fully saturated rings. The molecule has 0 bridgehead atoms. The van der Waals surface area contributed by atoms with Crippen molar-refractivity contribution < 1.29 is 14.4 Å². The molecule has 6 nitrogen and oxygen atoms in total. The summed E-state index contributed by atoms with van der Waals surface area (Å²) >= 11 is 0. The molecule has 0 spiro atoms. The lowest BCUT2D eigenvalue weighted by atomic mass is 9.87. The smallest absolute Gasteiger partial charge is 0.239 e. The molecule has 2 saturated heterocycles. The van der Waals surface area contributed by atoms with Crippen LogP contribution in [0.25, 0.3) is 0 Å². The molecule has 2 rings (SSSR count). The third kappa shape index (κ3) is 1.69. The van der Waals surface area contributed by atoms with Gasteiger partial charge >= 0.3 is 0 Å². The van der Waals surface area contributed by atoms with Crippen LogP contribution in [0, 0.1) is 11.8 Å². The van der Waals surface area contributed by atoms with Gasteiger partial charge in [0.25, 0.3) is 0 Å². The van der Waals surface area contributed by atoms with Crippen LogP contribution in [0.3, 0.4) is 0 Å². The molecular formula is C10H15N3O3. The van der Waals surface area contributed by atoms with Crippen LogP contribution in [0.1, 0.15) is 13.3 Å². The van der Waals surface area contributed by atoms with Crippen LogP contribution in [-0.2, 0) is 14.4 Å². The Labute approximate surface area is 93.1 Å². The standard InChI is InChI=1S/C10H15N3O3/c1-5(11)10(16)13-3-2-6-7(4-13)9(15)12-8(6)14/h5-7H,2-4,11H2,1H3,(H,12,14,15)/t5-,6-,7+/m0/s1. The van der Waals surface area contributed by atoms with E-state index in [2.05, 4.69) is 5.32 Å². The zero-order valence-corrected chi connectivity index (χ0v) is 9.10. The first-order valence-corrected chi connectivity index (χ1v) is 5.39. The summed E-state index contributed by atoms with van der Waals surface area (Å²) in [6.07, 6.45) is 0.542. The Kier molecular flexibility index (Phi) is 2.67. The topological polar surface area (TPSA) is 92.5 Å². The molecule has 0 aromatic carbocycles. The van der Waals surface area contributed by atoms with Crippen molar-refractivity contribution in [1.82, 2.24) is 10.2 Å². The van der Waals surface area contributed by atoms with E-state index in [-0.39, 0.29) is 29.6 Å². The number of rotatable bonds is 1. The molecule has 16 heavy (non-hydrogen) atoms. The van der Waals surface area contributed by atoms with Crippen molar-refractivity contribution in [1.29, 1.82) is 0 Å². The molecule has 2 aliphatic rings. The lowest BCUT2D eigenvalue weighted by molar-refractivity contribution is -0.137. The molecule has 0 unspecified atom stereocenters. The van der Waals surface area contributed by atoms with Crippen molar-refractivity contribution in [3.05, 3.63) is 0 Å². The highest BCUT2D eigenvalue weighted by atomic mass is 16.2. The largest absolute Gasteiger partial charge is 0.341 e. The van der Waals surface area contributed by atoms with E-state index in [1.165, 1.54) is 0 Å². The summed E-state index contributed by atoms with van der Waals surface area (Å²) in [4.78, 5) is 36.1. The number of imide groups is 1. The van der Waals surface area contributed by atoms with Crippen LogP contribution < -0.4 is 11.1 Å². The third-order valence-electron chi connectivity index (χ3n) is 3.23. The zero-order valence-electron chi connectivity index (χ0n) is 9.10. The van der Waals surface area contributed by atoms with Crippen molar-refractivity contribution >= 4 is 17.7 Å².